The summed E-state index contributed by atoms with van der Waals surface area (Å²) < 4.78 is 4.69. The number of hydrogen-bond donors (Lipinski definition) is 0. The Kier molecular flexibility index (Phi) is 4.19. The molecule has 0 radical (unpaired) electrons. The van der Waals surface area contributed by atoms with Crippen molar-refractivity contribution in [2.75, 3.05) is 38.2 Å². The maximum atomic E-state index is 11.4. The molecular weight excluding hydrogens is 250 g/mol. The van der Waals surface area contributed by atoms with Gasteiger partial charge in [0, 0.05) is 32.2 Å². The van der Waals surface area contributed by atoms with Crippen molar-refractivity contribution in [3.05, 3.63) is 11.1 Å². The second-order valence-electron chi connectivity index (χ2n) is 4.62. The molecular formula is C12H19N3O2S. The van der Waals surface area contributed by atoms with E-state index < -0.39 is 0 Å². The molecule has 0 spiro atoms. The smallest absolute Gasteiger partial charge is 0.349 e. The highest BCUT2D eigenvalue weighted by Crippen LogP contribution is 2.24. The average molecular weight is 269 g/mol. The zero-order chi connectivity index (χ0) is 13.1. The van der Waals surface area contributed by atoms with Crippen LogP contribution in [0, 0.1) is 0 Å². The first kappa shape index (κ1) is 13.3. The van der Waals surface area contributed by atoms with Crippen LogP contribution in [0.3, 0.4) is 0 Å². The number of nitrogens with zero attached hydrogens (tertiary/aromatic N) is 3. The van der Waals surface area contributed by atoms with Gasteiger partial charge in [0.25, 0.3) is 0 Å². The summed E-state index contributed by atoms with van der Waals surface area (Å²) in [5.74, 6) is -0.306. The molecule has 2 rings (SSSR count). The van der Waals surface area contributed by atoms with Gasteiger partial charge in [-0.1, -0.05) is 11.3 Å². The van der Waals surface area contributed by atoms with Crippen molar-refractivity contribution >= 4 is 22.4 Å². The van der Waals surface area contributed by atoms with Gasteiger partial charge in [0.15, 0.2) is 5.13 Å². The molecule has 18 heavy (non-hydrogen) atoms. The van der Waals surface area contributed by atoms with Gasteiger partial charge in [-0.25, -0.2) is 9.78 Å². The van der Waals surface area contributed by atoms with Crippen LogP contribution in [-0.2, 0) is 4.74 Å². The summed E-state index contributed by atoms with van der Waals surface area (Å²) in [6, 6.07) is 0.592. The third-order valence-corrected chi connectivity index (χ3v) is 4.23. The zero-order valence-electron chi connectivity index (χ0n) is 11.0. The van der Waals surface area contributed by atoms with Crippen LogP contribution in [0.25, 0.3) is 0 Å². The summed E-state index contributed by atoms with van der Waals surface area (Å²) in [6.07, 6.45) is 1.60. The van der Waals surface area contributed by atoms with Gasteiger partial charge >= 0.3 is 5.97 Å². The van der Waals surface area contributed by atoms with E-state index in [-0.39, 0.29) is 5.97 Å². The molecule has 0 aliphatic carbocycles. The molecule has 0 atom stereocenters. The van der Waals surface area contributed by atoms with Gasteiger partial charge in [-0.2, -0.15) is 0 Å². The summed E-state index contributed by atoms with van der Waals surface area (Å²) in [5.41, 5.74) is 0. The van der Waals surface area contributed by atoms with Crippen molar-refractivity contribution in [3.63, 3.8) is 0 Å². The summed E-state index contributed by atoms with van der Waals surface area (Å²) in [4.78, 5) is 20.9. The van der Waals surface area contributed by atoms with Crippen LogP contribution >= 0.6 is 11.3 Å². The molecule has 0 N–H and O–H groups in total. The van der Waals surface area contributed by atoms with Crippen LogP contribution < -0.4 is 4.90 Å². The van der Waals surface area contributed by atoms with Crippen molar-refractivity contribution in [1.29, 1.82) is 0 Å². The van der Waals surface area contributed by atoms with E-state index in [4.69, 9.17) is 4.74 Å². The Labute approximate surface area is 111 Å². The molecule has 1 saturated heterocycles. The number of carbonyl (C=O) groups excluding carboxylic acids is 1. The Bertz CT molecular complexity index is 411. The van der Waals surface area contributed by atoms with E-state index in [1.807, 2.05) is 0 Å². The van der Waals surface area contributed by atoms with Crippen LogP contribution in [0.2, 0.25) is 0 Å². The number of piperazine rings is 1. The van der Waals surface area contributed by atoms with Gasteiger partial charge in [0.05, 0.1) is 13.3 Å². The molecule has 0 unspecified atom stereocenters. The summed E-state index contributed by atoms with van der Waals surface area (Å²) in [6.45, 7) is 8.46. The minimum atomic E-state index is -0.306. The number of aromatic nitrogens is 1. The summed E-state index contributed by atoms with van der Waals surface area (Å²) in [5, 5.41) is 0.916. The minimum absolute atomic E-state index is 0.306. The van der Waals surface area contributed by atoms with Crippen molar-refractivity contribution in [2.24, 2.45) is 0 Å². The molecule has 0 bridgehead atoms. The monoisotopic (exact) mass is 269 g/mol. The van der Waals surface area contributed by atoms with Crippen LogP contribution in [-0.4, -0.2) is 55.2 Å². The highest BCUT2D eigenvalue weighted by atomic mass is 32.1. The first-order valence-corrected chi connectivity index (χ1v) is 6.96. The standard InChI is InChI=1S/C12H19N3O2S/c1-9(2)14-4-6-15(7-5-14)12-13-8-10(18-12)11(16)17-3/h8-9H,4-7H2,1-3H3. The fourth-order valence-corrected chi connectivity index (χ4v) is 2.92. The number of rotatable bonds is 3. The normalized spacial score (nSPS) is 17.2. The lowest BCUT2D eigenvalue weighted by molar-refractivity contribution is 0.0606. The van der Waals surface area contributed by atoms with Crippen molar-refractivity contribution in [1.82, 2.24) is 9.88 Å². The second kappa shape index (κ2) is 5.67. The van der Waals surface area contributed by atoms with E-state index >= 15 is 0 Å². The number of anilines is 1. The molecule has 1 aliphatic rings. The van der Waals surface area contributed by atoms with E-state index in [1.165, 1.54) is 18.4 Å². The van der Waals surface area contributed by atoms with Crippen molar-refractivity contribution < 1.29 is 9.53 Å². The highest BCUT2D eigenvalue weighted by Gasteiger charge is 2.21. The fraction of sp³-hybridized carbons (Fsp3) is 0.667. The van der Waals surface area contributed by atoms with E-state index in [0.29, 0.717) is 10.9 Å². The number of thiazole rings is 1. The highest BCUT2D eigenvalue weighted by molar-refractivity contribution is 7.17. The summed E-state index contributed by atoms with van der Waals surface area (Å²) in [7, 11) is 1.39. The molecule has 0 aromatic carbocycles. The largest absolute Gasteiger partial charge is 0.465 e. The lowest BCUT2D eigenvalue weighted by Crippen LogP contribution is -2.48. The third kappa shape index (κ3) is 2.81. The first-order chi connectivity index (χ1) is 8.61. The number of esters is 1. The number of ether oxygens (including phenoxy) is 1. The maximum Gasteiger partial charge on any atom is 0.349 e. The Morgan fingerprint density at radius 2 is 2.06 bits per heavy atom. The second-order valence-corrected chi connectivity index (χ2v) is 5.62. The lowest BCUT2D eigenvalue weighted by Gasteiger charge is -2.36. The van der Waals surface area contributed by atoms with Gasteiger partial charge in [-0.15, -0.1) is 0 Å². The molecule has 0 saturated carbocycles. The molecule has 1 fully saturated rings. The summed E-state index contributed by atoms with van der Waals surface area (Å²) >= 11 is 1.40. The molecule has 5 nitrogen and oxygen atoms in total. The molecule has 6 heteroatoms. The SMILES string of the molecule is COC(=O)c1cnc(N2CCN(C(C)C)CC2)s1. The number of hydrogen-bond acceptors (Lipinski definition) is 6. The van der Waals surface area contributed by atoms with Gasteiger partial charge in [0.1, 0.15) is 4.88 Å². The van der Waals surface area contributed by atoms with E-state index in [9.17, 15) is 4.79 Å². The van der Waals surface area contributed by atoms with Gasteiger partial charge in [0.2, 0.25) is 0 Å². The molecule has 2 heterocycles. The Morgan fingerprint density at radius 3 is 2.61 bits per heavy atom. The van der Waals surface area contributed by atoms with E-state index in [1.54, 1.807) is 6.20 Å². The first-order valence-electron chi connectivity index (χ1n) is 6.15. The van der Waals surface area contributed by atoms with Crippen LogP contribution in [0.15, 0.2) is 6.20 Å². The predicted octanol–water partition coefficient (Wildman–Crippen LogP) is 1.46. The Hall–Kier alpha value is -1.14. The van der Waals surface area contributed by atoms with E-state index in [2.05, 4.69) is 28.6 Å². The van der Waals surface area contributed by atoms with Crippen LogP contribution in [0.1, 0.15) is 23.5 Å². The number of carbonyl (C=O) groups is 1. The Morgan fingerprint density at radius 1 is 1.39 bits per heavy atom. The minimum Gasteiger partial charge on any atom is -0.465 e. The van der Waals surface area contributed by atoms with Gasteiger partial charge < -0.3 is 9.64 Å². The zero-order valence-corrected chi connectivity index (χ0v) is 11.9. The maximum absolute atomic E-state index is 11.4. The molecule has 1 aromatic heterocycles. The topological polar surface area (TPSA) is 45.7 Å². The van der Waals surface area contributed by atoms with Crippen LogP contribution in [0.5, 0.6) is 0 Å². The third-order valence-electron chi connectivity index (χ3n) is 3.20. The average Bonchev–Trinajstić information content (AvgIpc) is 2.87. The molecule has 1 aromatic rings. The molecule has 1 aliphatic heterocycles. The van der Waals surface area contributed by atoms with Gasteiger partial charge in [-0.3, -0.25) is 4.90 Å². The van der Waals surface area contributed by atoms with Gasteiger partial charge in [-0.05, 0) is 13.8 Å². The number of methoxy groups -OCH3 is 1. The fourth-order valence-electron chi connectivity index (χ4n) is 2.04. The van der Waals surface area contributed by atoms with Crippen molar-refractivity contribution in [2.45, 2.75) is 19.9 Å². The lowest BCUT2D eigenvalue weighted by atomic mass is 10.2. The molecule has 0 amide bonds. The molecule has 100 valence electrons. The Balaban J connectivity index is 1.97. The van der Waals surface area contributed by atoms with Crippen molar-refractivity contribution in [3.8, 4) is 0 Å². The predicted molar refractivity (Wildman–Crippen MR) is 72.4 cm³/mol. The quantitative estimate of drug-likeness (QED) is 0.777. The van der Waals surface area contributed by atoms with E-state index in [0.717, 1.165) is 31.3 Å². The van der Waals surface area contributed by atoms with Crippen LogP contribution in [0.4, 0.5) is 5.13 Å².